The molecule has 150 valence electrons. The van der Waals surface area contributed by atoms with Gasteiger partial charge in [-0.3, -0.25) is 29.3 Å². The van der Waals surface area contributed by atoms with Crippen LogP contribution in [-0.2, 0) is 14.4 Å². The van der Waals surface area contributed by atoms with Crippen LogP contribution in [0.5, 0.6) is 0 Å². The van der Waals surface area contributed by atoms with Crippen LogP contribution >= 0.6 is 0 Å². The van der Waals surface area contributed by atoms with Gasteiger partial charge in [-0.25, -0.2) is 0 Å². The summed E-state index contributed by atoms with van der Waals surface area (Å²) < 4.78 is 0. The molecule has 10 nitrogen and oxygen atoms in total. The van der Waals surface area contributed by atoms with E-state index in [-0.39, 0.29) is 54.3 Å². The van der Waals surface area contributed by atoms with E-state index >= 15 is 0 Å². The van der Waals surface area contributed by atoms with Gasteiger partial charge in [0.25, 0.3) is 11.8 Å². The maximum absolute atomic E-state index is 12.3. The van der Waals surface area contributed by atoms with Gasteiger partial charge < -0.3 is 21.4 Å². The second-order valence-corrected chi connectivity index (χ2v) is 6.68. The minimum absolute atomic E-state index is 0.0358. The highest BCUT2D eigenvalue weighted by Gasteiger charge is 2.26. The van der Waals surface area contributed by atoms with Crippen molar-refractivity contribution in [1.82, 2.24) is 10.3 Å². The molecule has 0 atom stereocenters. The topological polar surface area (TPSA) is 163 Å². The van der Waals surface area contributed by atoms with Crippen LogP contribution < -0.4 is 21.7 Å². The molecule has 1 aromatic heterocycles. The lowest BCUT2D eigenvalue weighted by Crippen LogP contribution is -2.39. The number of nitrogens with one attached hydrogen (secondary N) is 4. The third kappa shape index (κ3) is 5.28. The van der Waals surface area contributed by atoms with Gasteiger partial charge in [0, 0.05) is 30.6 Å². The number of hydrogen-bond donors (Lipinski definition) is 5. The monoisotopic (exact) mass is 397 g/mol. The molecule has 1 fully saturated rings. The Hall–Kier alpha value is -3.95. The molecular formula is C19H19N5O5. The summed E-state index contributed by atoms with van der Waals surface area (Å²) >= 11 is 0. The minimum Gasteiger partial charge on any atom is -0.364 e. The summed E-state index contributed by atoms with van der Waals surface area (Å²) in [6.07, 6.45) is 0.283. The van der Waals surface area contributed by atoms with Gasteiger partial charge in [0.2, 0.25) is 17.7 Å². The zero-order valence-corrected chi connectivity index (χ0v) is 15.3. The highest BCUT2D eigenvalue weighted by molar-refractivity contribution is 6.05. The Morgan fingerprint density at radius 1 is 0.966 bits per heavy atom. The third-order valence-electron chi connectivity index (χ3n) is 4.30. The van der Waals surface area contributed by atoms with Crippen LogP contribution in [0.3, 0.4) is 0 Å². The fourth-order valence-corrected chi connectivity index (χ4v) is 3.02. The first kappa shape index (κ1) is 19.8. The Morgan fingerprint density at radius 3 is 2.21 bits per heavy atom. The smallest absolute Gasteiger partial charge is 0.272 e. The van der Waals surface area contributed by atoms with E-state index in [1.165, 1.54) is 12.1 Å². The molecule has 0 aliphatic carbocycles. The number of hydrogen-bond acceptors (Lipinski definition) is 5. The summed E-state index contributed by atoms with van der Waals surface area (Å²) in [6, 6.07) is 9.33. The second-order valence-electron chi connectivity index (χ2n) is 6.68. The number of amides is 5. The van der Waals surface area contributed by atoms with Crippen LogP contribution in [0.1, 0.15) is 40.2 Å². The van der Waals surface area contributed by atoms with Gasteiger partial charge in [-0.05, 0) is 36.2 Å². The SMILES string of the molecule is NC(=O)c1ccc(C(=O)Nc2cccc(NC(=O)CC3CC(=O)NC(=O)C3)c2)[nH]1. The number of aromatic nitrogens is 1. The number of H-pyrrole nitrogens is 1. The minimum atomic E-state index is -0.675. The Bertz CT molecular complexity index is 980. The number of piperidine rings is 1. The fourth-order valence-electron chi connectivity index (χ4n) is 3.02. The van der Waals surface area contributed by atoms with Crippen molar-refractivity contribution in [1.29, 1.82) is 0 Å². The van der Waals surface area contributed by atoms with Crippen molar-refractivity contribution < 1.29 is 24.0 Å². The molecule has 29 heavy (non-hydrogen) atoms. The molecule has 1 aliphatic heterocycles. The van der Waals surface area contributed by atoms with Crippen molar-refractivity contribution in [2.24, 2.45) is 11.7 Å². The van der Waals surface area contributed by atoms with Gasteiger partial charge in [0.15, 0.2) is 0 Å². The molecule has 0 unspecified atom stereocenters. The van der Waals surface area contributed by atoms with Gasteiger partial charge in [-0.2, -0.15) is 0 Å². The van der Waals surface area contributed by atoms with Crippen LogP contribution in [0.15, 0.2) is 36.4 Å². The summed E-state index contributed by atoms with van der Waals surface area (Å²) in [5.74, 6) is -2.60. The van der Waals surface area contributed by atoms with Crippen LogP contribution in [0, 0.1) is 5.92 Å². The molecule has 0 spiro atoms. The standard InChI is InChI=1S/C19H19N5O5/c20-18(28)13-4-5-14(23-13)19(29)22-12-3-1-2-11(9-12)21-15(25)6-10-7-16(26)24-17(27)8-10/h1-5,9-10,23H,6-8H2,(H2,20,28)(H,21,25)(H,22,29)(H,24,26,27). The zero-order valence-electron chi connectivity index (χ0n) is 15.3. The summed E-state index contributed by atoms with van der Waals surface area (Å²) in [5, 5.41) is 7.54. The van der Waals surface area contributed by atoms with Crippen LogP contribution in [0.2, 0.25) is 0 Å². The van der Waals surface area contributed by atoms with Crippen molar-refractivity contribution in [3.63, 3.8) is 0 Å². The molecule has 3 rings (SSSR count). The van der Waals surface area contributed by atoms with Crippen LogP contribution in [0.25, 0.3) is 0 Å². The van der Waals surface area contributed by atoms with E-state index in [4.69, 9.17) is 5.73 Å². The van der Waals surface area contributed by atoms with Crippen LogP contribution in [-0.4, -0.2) is 34.5 Å². The number of carbonyl (C=O) groups excluding carboxylic acids is 5. The van der Waals surface area contributed by atoms with Crippen LogP contribution in [0.4, 0.5) is 11.4 Å². The van der Waals surface area contributed by atoms with E-state index in [9.17, 15) is 24.0 Å². The molecule has 2 aromatic rings. The molecule has 0 bridgehead atoms. The Balaban J connectivity index is 1.59. The van der Waals surface area contributed by atoms with Crippen molar-refractivity contribution in [3.8, 4) is 0 Å². The maximum atomic E-state index is 12.3. The number of aromatic amines is 1. The van der Waals surface area contributed by atoms with E-state index in [0.29, 0.717) is 11.4 Å². The molecule has 0 radical (unpaired) electrons. The summed E-state index contributed by atoms with van der Waals surface area (Å²) in [7, 11) is 0. The first-order valence-electron chi connectivity index (χ1n) is 8.83. The molecule has 2 heterocycles. The fraction of sp³-hybridized carbons (Fsp3) is 0.211. The summed E-state index contributed by atoms with van der Waals surface area (Å²) in [4.78, 5) is 61.0. The number of anilines is 2. The highest BCUT2D eigenvalue weighted by Crippen LogP contribution is 2.20. The molecule has 5 amide bonds. The largest absolute Gasteiger partial charge is 0.364 e. The second kappa shape index (κ2) is 8.38. The molecule has 1 saturated heterocycles. The van der Waals surface area contributed by atoms with Gasteiger partial charge in [0.1, 0.15) is 11.4 Å². The quantitative estimate of drug-likeness (QED) is 0.453. The molecule has 1 aliphatic rings. The first-order valence-corrected chi connectivity index (χ1v) is 8.83. The molecular weight excluding hydrogens is 378 g/mol. The van der Waals surface area contributed by atoms with E-state index in [1.807, 2.05) is 0 Å². The lowest BCUT2D eigenvalue weighted by atomic mass is 9.93. The number of primary amides is 1. The van der Waals surface area contributed by atoms with Crippen molar-refractivity contribution >= 4 is 40.9 Å². The van der Waals surface area contributed by atoms with Gasteiger partial charge in [-0.15, -0.1) is 0 Å². The lowest BCUT2D eigenvalue weighted by Gasteiger charge is -2.20. The van der Waals surface area contributed by atoms with Crippen molar-refractivity contribution in [2.45, 2.75) is 19.3 Å². The number of imide groups is 1. The predicted octanol–water partition coefficient (Wildman–Crippen LogP) is 0.747. The van der Waals surface area contributed by atoms with E-state index in [1.54, 1.807) is 24.3 Å². The average Bonchev–Trinajstić information content (AvgIpc) is 3.11. The van der Waals surface area contributed by atoms with E-state index in [2.05, 4.69) is 20.9 Å². The molecule has 0 saturated carbocycles. The number of carbonyl (C=O) groups is 5. The Kier molecular flexibility index (Phi) is 5.72. The summed E-state index contributed by atoms with van der Waals surface area (Å²) in [5.41, 5.74) is 6.30. The zero-order chi connectivity index (χ0) is 21.0. The van der Waals surface area contributed by atoms with Gasteiger partial charge in [0.05, 0.1) is 0 Å². The molecule has 1 aromatic carbocycles. The van der Waals surface area contributed by atoms with E-state index in [0.717, 1.165) is 0 Å². The number of rotatable bonds is 6. The molecule has 6 N–H and O–H groups in total. The predicted molar refractivity (Wildman–Crippen MR) is 103 cm³/mol. The van der Waals surface area contributed by atoms with Gasteiger partial charge in [-0.1, -0.05) is 6.07 Å². The molecule has 10 heteroatoms. The average molecular weight is 397 g/mol. The summed E-state index contributed by atoms with van der Waals surface area (Å²) in [6.45, 7) is 0. The maximum Gasteiger partial charge on any atom is 0.272 e. The van der Waals surface area contributed by atoms with E-state index < -0.39 is 11.8 Å². The number of nitrogens with two attached hydrogens (primary N) is 1. The first-order chi connectivity index (χ1) is 13.8. The van der Waals surface area contributed by atoms with Crippen molar-refractivity contribution in [3.05, 3.63) is 47.8 Å². The van der Waals surface area contributed by atoms with Gasteiger partial charge >= 0.3 is 0 Å². The highest BCUT2D eigenvalue weighted by atomic mass is 16.2. The van der Waals surface area contributed by atoms with Crippen molar-refractivity contribution in [2.75, 3.05) is 10.6 Å². The third-order valence-corrected chi connectivity index (χ3v) is 4.30. The Morgan fingerprint density at radius 2 is 1.59 bits per heavy atom. The lowest BCUT2D eigenvalue weighted by molar-refractivity contribution is -0.135. The normalized spacial score (nSPS) is 14.2. The number of benzene rings is 1. The Labute approximate surface area is 165 Å².